The first-order chi connectivity index (χ1) is 4.21. The molecule has 2 fully saturated rings. The van der Waals surface area contributed by atoms with Crippen LogP contribution in [0.3, 0.4) is 0 Å². The molecular weight excluding hydrogens is 112 g/mol. The van der Waals surface area contributed by atoms with E-state index in [2.05, 4.69) is 0 Å². The SMILES string of the molecule is [N]C1CC2CCC1([N])C2. The third-order valence-corrected chi connectivity index (χ3v) is 2.80. The second-order valence-electron chi connectivity index (χ2n) is 3.46. The van der Waals surface area contributed by atoms with Crippen molar-refractivity contribution in [3.05, 3.63) is 0 Å². The zero-order valence-electron chi connectivity index (χ0n) is 5.38. The summed E-state index contributed by atoms with van der Waals surface area (Å²) in [5.41, 5.74) is 18.1. The molecule has 3 unspecified atom stereocenters. The summed E-state index contributed by atoms with van der Waals surface area (Å²) in [5, 5.41) is 0. The predicted octanol–water partition coefficient (Wildman–Crippen LogP) is 0.435. The van der Waals surface area contributed by atoms with Gasteiger partial charge in [-0.15, -0.1) is 11.5 Å². The molecular formula is C7H10N2. The van der Waals surface area contributed by atoms with Gasteiger partial charge in [-0.2, -0.15) is 0 Å². The molecule has 2 bridgehead atoms. The highest BCUT2D eigenvalue weighted by Gasteiger charge is 2.50. The van der Waals surface area contributed by atoms with Gasteiger partial charge in [0.2, 0.25) is 0 Å². The van der Waals surface area contributed by atoms with Crippen LogP contribution in [0.2, 0.25) is 0 Å². The number of rotatable bonds is 0. The summed E-state index contributed by atoms with van der Waals surface area (Å²) in [6, 6.07) is -0.420. The molecule has 0 amide bonds. The summed E-state index contributed by atoms with van der Waals surface area (Å²) < 4.78 is 0. The van der Waals surface area contributed by atoms with Crippen molar-refractivity contribution in [1.82, 2.24) is 11.5 Å². The summed E-state index contributed by atoms with van der Waals surface area (Å²) in [4.78, 5) is 0. The van der Waals surface area contributed by atoms with Crippen LogP contribution >= 0.6 is 0 Å². The fourth-order valence-electron chi connectivity index (χ4n) is 2.20. The van der Waals surface area contributed by atoms with E-state index >= 15 is 0 Å². The first-order valence-corrected chi connectivity index (χ1v) is 3.61. The number of hydrogen-bond acceptors (Lipinski definition) is 0. The molecule has 2 saturated carbocycles. The maximum Gasteiger partial charge on any atom is 0.0731 e. The Balaban J connectivity index is 2.22. The molecule has 2 rings (SSSR count). The van der Waals surface area contributed by atoms with Crippen LogP contribution in [0.1, 0.15) is 25.7 Å². The zero-order chi connectivity index (χ0) is 6.48. The largest absolute Gasteiger partial charge is 0.139 e. The van der Waals surface area contributed by atoms with Crippen LogP contribution in [0.15, 0.2) is 0 Å². The summed E-state index contributed by atoms with van der Waals surface area (Å²) in [6.45, 7) is 0. The zero-order valence-corrected chi connectivity index (χ0v) is 5.38. The standard InChI is InChI=1S/C7H10N2/c8-6-3-5-1-2-7(6,9)4-5/h5-6H,1-4H2. The van der Waals surface area contributed by atoms with Crippen LogP contribution in [0.5, 0.6) is 0 Å². The first kappa shape index (κ1) is 5.69. The monoisotopic (exact) mass is 122 g/mol. The minimum Gasteiger partial charge on any atom is -0.139 e. The van der Waals surface area contributed by atoms with Gasteiger partial charge in [-0.3, -0.25) is 0 Å². The van der Waals surface area contributed by atoms with Crippen molar-refractivity contribution < 1.29 is 0 Å². The normalized spacial score (nSPS) is 56.7. The molecule has 2 aliphatic rings. The molecule has 3 atom stereocenters. The lowest BCUT2D eigenvalue weighted by molar-refractivity contribution is 0.342. The maximum absolute atomic E-state index is 9.56. The number of hydrogen-bond donors (Lipinski definition) is 0. The second kappa shape index (κ2) is 1.50. The fraction of sp³-hybridized carbons (Fsp3) is 1.00. The van der Waals surface area contributed by atoms with Crippen LogP contribution in [-0.4, -0.2) is 11.6 Å². The van der Waals surface area contributed by atoms with Gasteiger partial charge < -0.3 is 0 Å². The Morgan fingerprint density at radius 3 is 2.44 bits per heavy atom. The quantitative estimate of drug-likeness (QED) is 0.447. The molecule has 2 nitrogen and oxygen atoms in total. The number of nitrogens with zero attached hydrogens (tertiary/aromatic N) is 2. The molecule has 0 aromatic heterocycles. The van der Waals surface area contributed by atoms with Gasteiger partial charge in [-0.05, 0) is 31.6 Å². The van der Waals surface area contributed by atoms with Crippen LogP contribution in [0.4, 0.5) is 0 Å². The Morgan fingerprint density at radius 1 is 1.44 bits per heavy atom. The van der Waals surface area contributed by atoms with Gasteiger partial charge in [0.1, 0.15) is 0 Å². The molecule has 48 valence electrons. The molecule has 2 aliphatic carbocycles. The van der Waals surface area contributed by atoms with Crippen molar-refractivity contribution in [2.75, 3.05) is 0 Å². The van der Waals surface area contributed by atoms with Crippen molar-refractivity contribution in [2.45, 2.75) is 37.3 Å². The molecule has 0 saturated heterocycles. The van der Waals surface area contributed by atoms with Crippen LogP contribution in [-0.2, 0) is 0 Å². The smallest absolute Gasteiger partial charge is 0.0731 e. The van der Waals surface area contributed by atoms with Gasteiger partial charge in [0.15, 0.2) is 0 Å². The third-order valence-electron chi connectivity index (χ3n) is 2.80. The molecule has 0 N–H and O–H groups in total. The van der Waals surface area contributed by atoms with Crippen molar-refractivity contribution in [3.63, 3.8) is 0 Å². The first-order valence-electron chi connectivity index (χ1n) is 3.61. The summed E-state index contributed by atoms with van der Waals surface area (Å²) in [7, 11) is 0. The van der Waals surface area contributed by atoms with Gasteiger partial charge in [0.05, 0.1) is 11.6 Å². The van der Waals surface area contributed by atoms with E-state index in [1.807, 2.05) is 0 Å². The average Bonchev–Trinajstić information content (AvgIpc) is 2.22. The van der Waals surface area contributed by atoms with Gasteiger partial charge in [-0.1, -0.05) is 0 Å². The molecule has 0 spiro atoms. The molecule has 4 radical (unpaired) electrons. The van der Waals surface area contributed by atoms with E-state index in [1.54, 1.807) is 0 Å². The number of fused-ring (bicyclic) bond motifs is 2. The molecule has 0 aromatic carbocycles. The lowest BCUT2D eigenvalue weighted by Crippen LogP contribution is -2.39. The van der Waals surface area contributed by atoms with Gasteiger partial charge in [-0.25, -0.2) is 0 Å². The van der Waals surface area contributed by atoms with E-state index in [0.717, 1.165) is 25.7 Å². The van der Waals surface area contributed by atoms with Gasteiger partial charge >= 0.3 is 0 Å². The second-order valence-corrected chi connectivity index (χ2v) is 3.46. The van der Waals surface area contributed by atoms with Crippen molar-refractivity contribution in [1.29, 1.82) is 0 Å². The highest BCUT2D eigenvalue weighted by Crippen LogP contribution is 2.46. The molecule has 0 aromatic rings. The van der Waals surface area contributed by atoms with Crippen LogP contribution in [0.25, 0.3) is 0 Å². The van der Waals surface area contributed by atoms with Crippen molar-refractivity contribution in [2.24, 2.45) is 5.92 Å². The highest BCUT2D eigenvalue weighted by atomic mass is 14.9. The Kier molecular flexibility index (Phi) is 0.945. The third kappa shape index (κ3) is 0.634. The van der Waals surface area contributed by atoms with Crippen LogP contribution < -0.4 is 11.5 Å². The Labute approximate surface area is 55.6 Å². The van der Waals surface area contributed by atoms with E-state index in [0.29, 0.717) is 5.92 Å². The Morgan fingerprint density at radius 2 is 2.22 bits per heavy atom. The highest BCUT2D eigenvalue weighted by molar-refractivity contribution is 5.07. The van der Waals surface area contributed by atoms with E-state index in [1.165, 1.54) is 0 Å². The summed E-state index contributed by atoms with van der Waals surface area (Å²) in [6.07, 6.45) is 3.61. The minimum atomic E-state index is -0.676. The summed E-state index contributed by atoms with van der Waals surface area (Å²) >= 11 is 0. The minimum absolute atomic E-state index is 0.420. The molecule has 2 heteroatoms. The fourth-order valence-corrected chi connectivity index (χ4v) is 2.20. The van der Waals surface area contributed by atoms with Crippen molar-refractivity contribution >= 4 is 0 Å². The molecule has 9 heavy (non-hydrogen) atoms. The molecule has 0 aliphatic heterocycles. The average molecular weight is 122 g/mol. The molecule has 0 heterocycles. The van der Waals surface area contributed by atoms with Gasteiger partial charge in [0.25, 0.3) is 0 Å². The van der Waals surface area contributed by atoms with Crippen molar-refractivity contribution in [3.8, 4) is 0 Å². The Bertz CT molecular complexity index is 135. The summed E-state index contributed by atoms with van der Waals surface area (Å²) in [5.74, 6) is 0.616. The van der Waals surface area contributed by atoms with E-state index < -0.39 is 11.6 Å². The van der Waals surface area contributed by atoms with E-state index in [9.17, 15) is 11.5 Å². The predicted molar refractivity (Wildman–Crippen MR) is 32.7 cm³/mol. The maximum atomic E-state index is 9.56. The lowest BCUT2D eigenvalue weighted by atomic mass is 9.90. The van der Waals surface area contributed by atoms with Gasteiger partial charge in [0, 0.05) is 0 Å². The van der Waals surface area contributed by atoms with E-state index in [-0.39, 0.29) is 0 Å². The topological polar surface area (TPSA) is 44.6 Å². The Hall–Kier alpha value is -0.0800. The lowest BCUT2D eigenvalue weighted by Gasteiger charge is -2.22. The van der Waals surface area contributed by atoms with Crippen LogP contribution in [0, 0.1) is 5.92 Å². The van der Waals surface area contributed by atoms with E-state index in [4.69, 9.17) is 0 Å².